The molecule has 0 fully saturated rings. The van der Waals surface area contributed by atoms with Crippen molar-refractivity contribution in [3.63, 3.8) is 0 Å². The number of pyridine rings is 1. The van der Waals surface area contributed by atoms with E-state index in [1.165, 1.54) is 36.4 Å². The number of amides is 1. The molecule has 1 aromatic heterocycles. The van der Waals surface area contributed by atoms with Crippen molar-refractivity contribution >= 4 is 15.9 Å². The number of hydrogen-bond donors (Lipinski definition) is 2. The molecule has 34 heavy (non-hydrogen) atoms. The van der Waals surface area contributed by atoms with E-state index in [2.05, 4.69) is 10.0 Å². The third-order valence-electron chi connectivity index (χ3n) is 4.69. The lowest BCUT2D eigenvalue weighted by Gasteiger charge is -2.11. The van der Waals surface area contributed by atoms with E-state index < -0.39 is 45.6 Å². The molecule has 1 amide bonds. The Bertz CT molecular complexity index is 1350. The highest BCUT2D eigenvalue weighted by Gasteiger charge is 2.34. The van der Waals surface area contributed by atoms with E-state index in [0.29, 0.717) is 21.8 Å². The van der Waals surface area contributed by atoms with Crippen LogP contribution in [0.3, 0.4) is 0 Å². The molecule has 0 aliphatic carbocycles. The fourth-order valence-corrected chi connectivity index (χ4v) is 4.11. The lowest BCUT2D eigenvalue weighted by molar-refractivity contribution is -0.139. The summed E-state index contributed by atoms with van der Waals surface area (Å²) in [6.07, 6.45) is -3.78. The van der Waals surface area contributed by atoms with Gasteiger partial charge in [-0.25, -0.2) is 17.5 Å². The number of rotatable bonds is 8. The molecule has 3 aromatic rings. The van der Waals surface area contributed by atoms with Crippen molar-refractivity contribution in [1.82, 2.24) is 14.6 Å². The largest absolute Gasteiger partial charge is 0.421 e. The molecule has 7 nitrogen and oxygen atoms in total. The molecule has 0 saturated carbocycles. The minimum Gasteiger partial charge on any atom is -0.350 e. The number of alkyl halides is 3. The molecule has 0 atom stereocenters. The quantitative estimate of drug-likeness (QED) is 0.468. The normalized spacial score (nSPS) is 11.9. The predicted octanol–water partition coefficient (Wildman–Crippen LogP) is 2.80. The first-order chi connectivity index (χ1) is 16.0. The molecule has 0 aliphatic heterocycles. The van der Waals surface area contributed by atoms with Gasteiger partial charge in [0.2, 0.25) is 15.9 Å². The molecule has 3 rings (SSSR count). The predicted molar refractivity (Wildman–Crippen MR) is 114 cm³/mol. The number of aromatic nitrogens is 1. The van der Waals surface area contributed by atoms with Crippen LogP contribution in [0, 0.1) is 5.82 Å². The Morgan fingerprint density at radius 2 is 1.62 bits per heavy atom. The maximum Gasteiger partial charge on any atom is 0.421 e. The van der Waals surface area contributed by atoms with Gasteiger partial charge in [0.25, 0.3) is 5.56 Å². The van der Waals surface area contributed by atoms with Crippen molar-refractivity contribution in [1.29, 1.82) is 0 Å². The highest BCUT2D eigenvalue weighted by molar-refractivity contribution is 7.89. The zero-order valence-corrected chi connectivity index (χ0v) is 18.3. The minimum absolute atomic E-state index is 0.0928. The topological polar surface area (TPSA) is 97.3 Å². The molecule has 0 unspecified atom stereocenters. The lowest BCUT2D eigenvalue weighted by Crippen LogP contribution is -2.34. The minimum atomic E-state index is -4.84. The third-order valence-corrected chi connectivity index (χ3v) is 6.09. The van der Waals surface area contributed by atoms with Crippen molar-refractivity contribution in [2.75, 3.05) is 0 Å². The third kappa shape index (κ3) is 6.51. The van der Waals surface area contributed by atoms with Crippen LogP contribution in [0.4, 0.5) is 17.6 Å². The van der Waals surface area contributed by atoms with Gasteiger partial charge in [0.1, 0.15) is 17.9 Å². The Morgan fingerprint density at radius 3 is 2.29 bits per heavy atom. The number of hydrogen-bond acceptors (Lipinski definition) is 4. The van der Waals surface area contributed by atoms with Crippen LogP contribution < -0.4 is 15.6 Å². The number of carbonyl (C=O) groups is 1. The summed E-state index contributed by atoms with van der Waals surface area (Å²) in [6.45, 7) is -0.900. The Kier molecular flexibility index (Phi) is 7.52. The Hall–Kier alpha value is -3.51. The highest BCUT2D eigenvalue weighted by Crippen LogP contribution is 2.25. The average Bonchev–Trinajstić information content (AvgIpc) is 2.77. The van der Waals surface area contributed by atoms with Crippen molar-refractivity contribution in [2.24, 2.45) is 0 Å². The molecule has 2 aromatic carbocycles. The number of sulfonamides is 1. The molecular formula is C22H19F4N3O4S. The first-order valence-electron chi connectivity index (χ1n) is 9.82. The number of halogens is 4. The van der Waals surface area contributed by atoms with E-state index in [0.717, 1.165) is 12.3 Å². The first-order valence-corrected chi connectivity index (χ1v) is 11.3. The molecule has 0 saturated heterocycles. The highest BCUT2D eigenvalue weighted by atomic mass is 32.2. The van der Waals surface area contributed by atoms with Crippen LogP contribution in [-0.2, 0) is 40.6 Å². The van der Waals surface area contributed by atoms with E-state index in [9.17, 15) is 35.6 Å². The summed E-state index contributed by atoms with van der Waals surface area (Å²) in [6, 6.07) is 12.7. The second-order valence-electron chi connectivity index (χ2n) is 7.23. The fourth-order valence-electron chi connectivity index (χ4n) is 3.02. The zero-order valence-electron chi connectivity index (χ0n) is 17.5. The Labute approximate surface area is 192 Å². The maximum absolute atomic E-state index is 13.3. The maximum atomic E-state index is 13.3. The van der Waals surface area contributed by atoms with Crippen LogP contribution in [0.25, 0.3) is 0 Å². The van der Waals surface area contributed by atoms with Gasteiger partial charge >= 0.3 is 6.18 Å². The van der Waals surface area contributed by atoms with Gasteiger partial charge in [-0.15, -0.1) is 0 Å². The molecule has 0 bridgehead atoms. The number of benzene rings is 2. The summed E-state index contributed by atoms with van der Waals surface area (Å²) in [5.74, 6) is -1.24. The smallest absolute Gasteiger partial charge is 0.350 e. The van der Waals surface area contributed by atoms with Gasteiger partial charge in [-0.3, -0.25) is 9.59 Å². The van der Waals surface area contributed by atoms with Crippen LogP contribution in [0.2, 0.25) is 0 Å². The molecule has 0 spiro atoms. The lowest BCUT2D eigenvalue weighted by atomic mass is 10.2. The van der Waals surface area contributed by atoms with Gasteiger partial charge in [0.05, 0.1) is 4.90 Å². The van der Waals surface area contributed by atoms with Crippen molar-refractivity contribution in [3.8, 4) is 0 Å². The summed E-state index contributed by atoms with van der Waals surface area (Å²) in [5, 5.41) is 2.44. The average molecular weight is 497 g/mol. The summed E-state index contributed by atoms with van der Waals surface area (Å²) in [7, 11) is -3.94. The van der Waals surface area contributed by atoms with E-state index in [-0.39, 0.29) is 18.0 Å². The van der Waals surface area contributed by atoms with Crippen LogP contribution in [0.15, 0.2) is 76.6 Å². The summed E-state index contributed by atoms with van der Waals surface area (Å²) in [5.41, 5.74) is -1.90. The molecule has 0 aliphatic rings. The number of carbonyl (C=O) groups excluding carboxylic acids is 1. The monoisotopic (exact) mass is 497 g/mol. The molecule has 180 valence electrons. The van der Waals surface area contributed by atoms with Gasteiger partial charge < -0.3 is 9.88 Å². The first kappa shape index (κ1) is 25.1. The SMILES string of the molecule is O=C(Cn1cccc(C(F)(F)F)c1=O)NCc1cccc(S(=O)(=O)NCc2cccc(F)c2)c1. The second-order valence-corrected chi connectivity index (χ2v) is 9.00. The van der Waals surface area contributed by atoms with E-state index in [1.54, 1.807) is 12.1 Å². The summed E-state index contributed by atoms with van der Waals surface area (Å²) in [4.78, 5) is 24.0. The summed E-state index contributed by atoms with van der Waals surface area (Å²) >= 11 is 0. The van der Waals surface area contributed by atoms with Gasteiger partial charge in [0.15, 0.2) is 0 Å². The van der Waals surface area contributed by atoms with Crippen LogP contribution in [-0.4, -0.2) is 18.9 Å². The molecule has 0 radical (unpaired) electrons. The van der Waals surface area contributed by atoms with Crippen molar-refractivity contribution < 1.29 is 30.8 Å². The number of nitrogens with one attached hydrogen (secondary N) is 2. The van der Waals surface area contributed by atoms with Gasteiger partial charge in [-0.2, -0.15) is 13.2 Å². The molecular weight excluding hydrogens is 478 g/mol. The van der Waals surface area contributed by atoms with Crippen LogP contribution >= 0.6 is 0 Å². The van der Waals surface area contributed by atoms with Crippen LogP contribution in [0.5, 0.6) is 0 Å². The van der Waals surface area contributed by atoms with E-state index in [4.69, 9.17) is 0 Å². The van der Waals surface area contributed by atoms with Crippen LogP contribution in [0.1, 0.15) is 16.7 Å². The second kappa shape index (κ2) is 10.2. The van der Waals surface area contributed by atoms with E-state index >= 15 is 0 Å². The zero-order chi connectivity index (χ0) is 24.9. The molecule has 12 heteroatoms. The Morgan fingerprint density at radius 1 is 0.941 bits per heavy atom. The van der Waals surface area contributed by atoms with Crippen molar-refractivity contribution in [3.05, 3.63) is 99.7 Å². The molecule has 1 heterocycles. The fraction of sp³-hybridized carbons (Fsp3) is 0.182. The van der Waals surface area contributed by atoms with Gasteiger partial charge in [-0.05, 0) is 47.5 Å². The molecule has 2 N–H and O–H groups in total. The van der Waals surface area contributed by atoms with Gasteiger partial charge in [-0.1, -0.05) is 24.3 Å². The van der Waals surface area contributed by atoms with Crippen molar-refractivity contribution in [2.45, 2.75) is 30.7 Å². The summed E-state index contributed by atoms with van der Waals surface area (Å²) < 4.78 is 79.9. The number of nitrogens with zero attached hydrogens (tertiary/aromatic N) is 1. The Balaban J connectivity index is 1.63. The van der Waals surface area contributed by atoms with E-state index in [1.807, 2.05) is 0 Å². The standard InChI is InChI=1S/C22H19F4N3O4S/c23-17-6-1-4-15(10-17)13-28-34(32,33)18-7-2-5-16(11-18)12-27-20(30)14-29-9-3-8-19(21(29)31)22(24,25)26/h1-11,28H,12-14H2,(H,27,30). The van der Waals surface area contributed by atoms with Gasteiger partial charge in [0, 0.05) is 19.3 Å².